The van der Waals surface area contributed by atoms with Crippen molar-refractivity contribution in [2.75, 3.05) is 13.1 Å². The van der Waals surface area contributed by atoms with Crippen molar-refractivity contribution in [3.05, 3.63) is 77.0 Å². The van der Waals surface area contributed by atoms with Crippen molar-refractivity contribution in [3.8, 4) is 0 Å². The molecule has 42 heavy (non-hydrogen) atoms. The van der Waals surface area contributed by atoms with E-state index in [9.17, 15) is 27.9 Å². The third kappa shape index (κ3) is 6.52. The molecule has 1 saturated carbocycles. The fourth-order valence-corrected chi connectivity index (χ4v) is 6.31. The Morgan fingerprint density at radius 3 is 2.45 bits per heavy atom. The van der Waals surface area contributed by atoms with Crippen LogP contribution in [0.2, 0.25) is 0 Å². The van der Waals surface area contributed by atoms with Crippen molar-refractivity contribution in [2.24, 2.45) is 11.8 Å². The second kappa shape index (κ2) is 12.1. The molecule has 3 atom stereocenters. The number of aromatic nitrogens is 1. The lowest BCUT2D eigenvalue weighted by Crippen LogP contribution is -2.50. The van der Waals surface area contributed by atoms with Crippen LogP contribution in [0.4, 0.5) is 13.2 Å². The summed E-state index contributed by atoms with van der Waals surface area (Å²) < 4.78 is 38.9. The molecule has 3 heterocycles. The number of fused-ring (bicyclic) bond motifs is 1. The number of nitrogens with one attached hydrogen (secondary N) is 1. The van der Waals surface area contributed by atoms with Gasteiger partial charge in [-0.1, -0.05) is 44.9 Å². The summed E-state index contributed by atoms with van der Waals surface area (Å²) in [6.07, 6.45) is 1.79. The number of likely N-dealkylation sites (tertiary alicyclic amines) is 1. The molecule has 3 fully saturated rings. The molecule has 2 N–H and O–H groups in total. The lowest BCUT2D eigenvalue weighted by atomic mass is 9.73. The van der Waals surface area contributed by atoms with Crippen LogP contribution in [-0.4, -0.2) is 39.9 Å². The normalized spacial score (nSPS) is 25.1. The van der Waals surface area contributed by atoms with E-state index in [0.29, 0.717) is 44.8 Å². The number of pyridine rings is 1. The summed E-state index contributed by atoms with van der Waals surface area (Å²) in [5.74, 6) is -0.434. The van der Waals surface area contributed by atoms with E-state index in [1.807, 2.05) is 38.1 Å². The fourth-order valence-electron chi connectivity index (χ4n) is 6.31. The molecule has 2 aromatic carbocycles. The van der Waals surface area contributed by atoms with Crippen LogP contribution in [0.15, 0.2) is 54.7 Å². The maximum atomic E-state index is 13.0. The minimum absolute atomic E-state index is 0.0214. The first kappa shape index (κ1) is 30.2. The Morgan fingerprint density at radius 2 is 1.79 bits per heavy atom. The number of carbonyl (C=O) groups excluding carboxylic acids is 2. The van der Waals surface area contributed by atoms with Crippen LogP contribution in [0.3, 0.4) is 0 Å². The van der Waals surface area contributed by atoms with Crippen LogP contribution in [-0.2, 0) is 27.9 Å². The van der Waals surface area contributed by atoms with Gasteiger partial charge in [-0.3, -0.25) is 24.8 Å². The van der Waals surface area contributed by atoms with Gasteiger partial charge in [0.15, 0.2) is 0 Å². The standard InChI is InChI=1S/C31H32F3N3O3.C2H6/c32-31(33,34)23-5-3-20(4-6-23)17-37-12-11-30(40,25(18-37)13-19-1-2-19)24-7-9-27-21(15-24)14-22(16-35-27)26-8-10-28(38)36-29(26)39;1-2/h3-7,9,14-16,19,25-26,40H,1-2,8,10-13,17-18H2,(H,36,38,39);1-2H3. The number of hydrogen-bond acceptors (Lipinski definition) is 5. The maximum Gasteiger partial charge on any atom is 0.416 e. The van der Waals surface area contributed by atoms with Crippen LogP contribution < -0.4 is 5.32 Å². The highest BCUT2D eigenvalue weighted by Crippen LogP contribution is 2.46. The molecule has 0 radical (unpaired) electrons. The van der Waals surface area contributed by atoms with E-state index in [-0.39, 0.29) is 17.7 Å². The Labute approximate surface area is 244 Å². The first-order chi connectivity index (χ1) is 20.1. The molecule has 3 aromatic rings. The molecule has 0 bridgehead atoms. The van der Waals surface area contributed by atoms with Gasteiger partial charge >= 0.3 is 6.18 Å². The molecule has 224 valence electrons. The van der Waals surface area contributed by atoms with Crippen molar-refractivity contribution in [2.45, 2.75) is 76.6 Å². The summed E-state index contributed by atoms with van der Waals surface area (Å²) in [5, 5.41) is 15.4. The third-order valence-corrected chi connectivity index (χ3v) is 8.81. The average Bonchev–Trinajstić information content (AvgIpc) is 3.79. The predicted octanol–water partition coefficient (Wildman–Crippen LogP) is 6.31. The summed E-state index contributed by atoms with van der Waals surface area (Å²) in [6.45, 7) is 5.80. The first-order valence-corrected chi connectivity index (χ1v) is 14.9. The number of imide groups is 1. The second-order valence-corrected chi connectivity index (χ2v) is 11.7. The molecule has 2 aliphatic heterocycles. The molecule has 3 aliphatic rings. The van der Waals surface area contributed by atoms with Crippen molar-refractivity contribution in [1.82, 2.24) is 15.2 Å². The van der Waals surface area contributed by atoms with E-state index in [4.69, 9.17) is 0 Å². The fraction of sp³-hybridized carbons (Fsp3) is 0.485. The van der Waals surface area contributed by atoms with Crippen molar-refractivity contribution >= 4 is 22.7 Å². The van der Waals surface area contributed by atoms with Crippen molar-refractivity contribution < 1.29 is 27.9 Å². The van der Waals surface area contributed by atoms with Crippen molar-refractivity contribution in [1.29, 1.82) is 0 Å². The van der Waals surface area contributed by atoms with E-state index in [2.05, 4.69) is 15.2 Å². The van der Waals surface area contributed by atoms with Crippen LogP contribution in [0.25, 0.3) is 10.9 Å². The van der Waals surface area contributed by atoms with Gasteiger partial charge < -0.3 is 5.11 Å². The number of amides is 2. The number of halogens is 3. The second-order valence-electron chi connectivity index (χ2n) is 11.7. The summed E-state index contributed by atoms with van der Waals surface area (Å²) in [7, 11) is 0. The molecule has 1 aromatic heterocycles. The molecule has 9 heteroatoms. The molecule has 6 nitrogen and oxygen atoms in total. The van der Waals surface area contributed by atoms with Crippen LogP contribution in [0.1, 0.15) is 80.5 Å². The smallest absolute Gasteiger partial charge is 0.385 e. The highest BCUT2D eigenvalue weighted by atomic mass is 19.4. The Bertz CT molecular complexity index is 1440. The number of nitrogens with zero attached hydrogens (tertiary/aromatic N) is 2. The number of aliphatic hydroxyl groups is 1. The molecule has 6 rings (SSSR count). The topological polar surface area (TPSA) is 82.5 Å². The van der Waals surface area contributed by atoms with Crippen LogP contribution >= 0.6 is 0 Å². The third-order valence-electron chi connectivity index (χ3n) is 8.81. The van der Waals surface area contributed by atoms with E-state index in [1.165, 1.54) is 12.1 Å². The first-order valence-electron chi connectivity index (χ1n) is 14.9. The Kier molecular flexibility index (Phi) is 8.71. The average molecular weight is 582 g/mol. The highest BCUT2D eigenvalue weighted by Gasteiger charge is 2.45. The molecular weight excluding hydrogens is 543 g/mol. The number of hydrogen-bond donors (Lipinski definition) is 2. The zero-order chi connectivity index (χ0) is 30.1. The number of rotatable bonds is 6. The highest BCUT2D eigenvalue weighted by molar-refractivity contribution is 6.01. The Morgan fingerprint density at radius 1 is 1.05 bits per heavy atom. The van der Waals surface area contributed by atoms with E-state index in [1.54, 1.807) is 6.20 Å². The number of alkyl halides is 3. The van der Waals surface area contributed by atoms with Gasteiger partial charge in [0.25, 0.3) is 0 Å². The zero-order valence-electron chi connectivity index (χ0n) is 24.1. The van der Waals surface area contributed by atoms with Gasteiger partial charge in [0.1, 0.15) is 0 Å². The number of piperidine rings is 2. The van der Waals surface area contributed by atoms with Gasteiger partial charge in [-0.2, -0.15) is 13.2 Å². The van der Waals surface area contributed by atoms with Gasteiger partial charge in [-0.25, -0.2) is 0 Å². The monoisotopic (exact) mass is 581 g/mol. The van der Waals surface area contributed by atoms with Gasteiger partial charge in [0.2, 0.25) is 11.8 Å². The van der Waals surface area contributed by atoms with Crippen LogP contribution in [0.5, 0.6) is 0 Å². The Hall–Kier alpha value is -3.30. The maximum absolute atomic E-state index is 13.0. The predicted molar refractivity (Wildman–Crippen MR) is 154 cm³/mol. The molecule has 2 saturated heterocycles. The molecule has 2 amide bonds. The lowest BCUT2D eigenvalue weighted by Gasteiger charge is -2.45. The lowest BCUT2D eigenvalue weighted by molar-refractivity contribution is -0.138. The van der Waals surface area contributed by atoms with E-state index in [0.717, 1.165) is 59.0 Å². The zero-order valence-corrected chi connectivity index (χ0v) is 24.1. The summed E-state index contributed by atoms with van der Waals surface area (Å²) in [5.41, 5.74) is 1.47. The van der Waals surface area contributed by atoms with Crippen LogP contribution in [0, 0.1) is 11.8 Å². The molecule has 1 aliphatic carbocycles. The molecule has 0 spiro atoms. The Balaban J connectivity index is 0.00000173. The van der Waals surface area contributed by atoms with Gasteiger partial charge in [0.05, 0.1) is 22.6 Å². The van der Waals surface area contributed by atoms with E-state index < -0.39 is 23.3 Å². The quantitative estimate of drug-likeness (QED) is 0.334. The number of benzene rings is 2. The summed E-state index contributed by atoms with van der Waals surface area (Å²) >= 11 is 0. The van der Waals surface area contributed by atoms with Gasteiger partial charge in [-0.15, -0.1) is 0 Å². The van der Waals surface area contributed by atoms with Gasteiger partial charge in [0, 0.05) is 43.6 Å². The van der Waals surface area contributed by atoms with E-state index >= 15 is 0 Å². The molecule has 3 unspecified atom stereocenters. The van der Waals surface area contributed by atoms with Crippen molar-refractivity contribution in [3.63, 3.8) is 0 Å². The van der Waals surface area contributed by atoms with Gasteiger partial charge in [-0.05, 0) is 72.2 Å². The summed E-state index contributed by atoms with van der Waals surface area (Å²) in [4.78, 5) is 30.8. The minimum atomic E-state index is -4.35. The molecular formula is C33H38F3N3O3. The SMILES string of the molecule is CC.O=C1CCC(c2cnc3ccc(C4(O)CCN(Cc5ccc(C(F)(F)F)cc5)CC4CC4CC4)cc3c2)C(=O)N1. The summed E-state index contributed by atoms with van der Waals surface area (Å²) in [6, 6.07) is 13.1. The minimum Gasteiger partial charge on any atom is -0.385 e. The number of carbonyl (C=O) groups is 2. The largest absolute Gasteiger partial charge is 0.416 e.